The van der Waals surface area contributed by atoms with Gasteiger partial charge < -0.3 is 4.74 Å². The van der Waals surface area contributed by atoms with E-state index in [1.54, 1.807) is 26.0 Å². The summed E-state index contributed by atoms with van der Waals surface area (Å²) < 4.78 is 33.0. The van der Waals surface area contributed by atoms with Crippen LogP contribution in [-0.4, -0.2) is 27.0 Å². The number of anilines is 1. The smallest absolute Gasteiger partial charge is 0.327 e. The molecule has 0 bridgehead atoms. The summed E-state index contributed by atoms with van der Waals surface area (Å²) >= 11 is 15.3. The zero-order valence-electron chi connectivity index (χ0n) is 13.9. The molecule has 2 rings (SSSR count). The van der Waals surface area contributed by atoms with Crippen molar-refractivity contribution in [3.63, 3.8) is 0 Å². The number of nitrogens with zero attached hydrogens (tertiary/aromatic N) is 1. The minimum atomic E-state index is -4.05. The van der Waals surface area contributed by atoms with E-state index >= 15 is 0 Å². The number of carbonyl (C=O) groups excluding carboxylic acids is 1. The van der Waals surface area contributed by atoms with Crippen molar-refractivity contribution in [2.75, 3.05) is 10.8 Å². The van der Waals surface area contributed by atoms with E-state index in [2.05, 4.69) is 15.9 Å². The summed E-state index contributed by atoms with van der Waals surface area (Å²) in [6.45, 7) is 2.85. The molecule has 0 saturated heterocycles. The van der Waals surface area contributed by atoms with Crippen LogP contribution in [0.1, 0.15) is 13.8 Å². The van der Waals surface area contributed by atoms with Crippen LogP contribution in [0.4, 0.5) is 5.69 Å². The molecule has 0 aliphatic heterocycles. The Bertz CT molecular complexity index is 901. The predicted molar refractivity (Wildman–Crippen MR) is 106 cm³/mol. The van der Waals surface area contributed by atoms with E-state index in [4.69, 9.17) is 27.9 Å². The van der Waals surface area contributed by atoms with Gasteiger partial charge in [0.1, 0.15) is 6.54 Å². The van der Waals surface area contributed by atoms with Crippen LogP contribution in [0.3, 0.4) is 0 Å². The molecule has 26 heavy (non-hydrogen) atoms. The quantitative estimate of drug-likeness (QED) is 0.551. The van der Waals surface area contributed by atoms with Gasteiger partial charge in [0.15, 0.2) is 0 Å². The van der Waals surface area contributed by atoms with Gasteiger partial charge in [-0.25, -0.2) is 8.42 Å². The van der Waals surface area contributed by atoms with E-state index in [0.29, 0.717) is 5.02 Å². The second-order valence-electron chi connectivity index (χ2n) is 5.60. The molecule has 0 N–H and O–H groups in total. The van der Waals surface area contributed by atoms with Gasteiger partial charge in [-0.2, -0.15) is 0 Å². The Kier molecular flexibility index (Phi) is 6.96. The molecule has 0 aliphatic rings. The summed E-state index contributed by atoms with van der Waals surface area (Å²) in [5.41, 5.74) is 0.139. The molecule has 0 amide bonds. The molecule has 0 unspecified atom stereocenters. The van der Waals surface area contributed by atoms with E-state index < -0.39 is 22.5 Å². The Morgan fingerprint density at radius 3 is 2.31 bits per heavy atom. The molecule has 0 fully saturated rings. The fourth-order valence-corrected chi connectivity index (χ4v) is 4.39. The van der Waals surface area contributed by atoms with Crippen LogP contribution < -0.4 is 4.31 Å². The van der Waals surface area contributed by atoms with Crippen molar-refractivity contribution in [1.82, 2.24) is 0 Å². The molecular weight excluding hydrogens is 465 g/mol. The molecule has 5 nitrogen and oxygen atoms in total. The maximum absolute atomic E-state index is 13.1. The third kappa shape index (κ3) is 5.13. The molecule has 0 aliphatic carbocycles. The van der Waals surface area contributed by atoms with Crippen LogP contribution in [0.15, 0.2) is 51.8 Å². The lowest BCUT2D eigenvalue weighted by Crippen LogP contribution is -2.37. The molecule has 2 aromatic carbocycles. The largest absolute Gasteiger partial charge is 0.462 e. The topological polar surface area (TPSA) is 63.7 Å². The van der Waals surface area contributed by atoms with Gasteiger partial charge >= 0.3 is 5.97 Å². The van der Waals surface area contributed by atoms with E-state index in [9.17, 15) is 13.2 Å². The molecule has 0 aromatic heterocycles. The first kappa shape index (κ1) is 21.0. The van der Waals surface area contributed by atoms with Crippen molar-refractivity contribution >= 4 is 60.8 Å². The molecule has 0 saturated carbocycles. The van der Waals surface area contributed by atoms with Gasteiger partial charge in [-0.1, -0.05) is 39.1 Å². The molecule has 0 atom stereocenters. The van der Waals surface area contributed by atoms with E-state index in [1.807, 2.05) is 0 Å². The highest BCUT2D eigenvalue weighted by Crippen LogP contribution is 2.33. The third-order valence-corrected chi connectivity index (χ3v) is 6.06. The maximum Gasteiger partial charge on any atom is 0.327 e. The zero-order valence-corrected chi connectivity index (χ0v) is 17.9. The van der Waals surface area contributed by atoms with Gasteiger partial charge in [0.05, 0.1) is 21.7 Å². The lowest BCUT2D eigenvalue weighted by molar-refractivity contribution is -0.145. The lowest BCUT2D eigenvalue weighted by Gasteiger charge is -2.25. The van der Waals surface area contributed by atoms with Crippen LogP contribution in [0, 0.1) is 0 Å². The first-order valence-electron chi connectivity index (χ1n) is 7.54. The standard InChI is InChI=1S/C17H16BrCl2NO4S/c1-11(2)25-17(22)10-21(16-8-5-13(19)9-15(16)20)26(23,24)14-6-3-12(18)4-7-14/h3-9,11H,10H2,1-2H3. The van der Waals surface area contributed by atoms with Crippen LogP contribution in [0.5, 0.6) is 0 Å². The molecule has 0 radical (unpaired) electrons. The van der Waals surface area contributed by atoms with Crippen molar-refractivity contribution in [2.24, 2.45) is 0 Å². The number of hydrogen-bond donors (Lipinski definition) is 0. The van der Waals surface area contributed by atoms with Crippen molar-refractivity contribution in [3.8, 4) is 0 Å². The van der Waals surface area contributed by atoms with E-state index in [0.717, 1.165) is 8.78 Å². The van der Waals surface area contributed by atoms with Gasteiger partial charge in [0.2, 0.25) is 0 Å². The Morgan fingerprint density at radius 1 is 1.15 bits per heavy atom. The number of hydrogen-bond acceptors (Lipinski definition) is 4. The average molecular weight is 481 g/mol. The van der Waals surface area contributed by atoms with E-state index in [1.165, 1.54) is 30.3 Å². The Hall–Kier alpha value is -1.28. The van der Waals surface area contributed by atoms with Crippen molar-refractivity contribution in [1.29, 1.82) is 0 Å². The highest BCUT2D eigenvalue weighted by Gasteiger charge is 2.29. The van der Waals surface area contributed by atoms with Crippen molar-refractivity contribution in [3.05, 3.63) is 57.0 Å². The molecule has 140 valence electrons. The summed E-state index contributed by atoms with van der Waals surface area (Å²) in [6, 6.07) is 10.4. The number of rotatable bonds is 6. The second kappa shape index (κ2) is 8.61. The number of carbonyl (C=O) groups is 1. The number of sulfonamides is 1. The number of ether oxygens (including phenoxy) is 1. The summed E-state index contributed by atoms with van der Waals surface area (Å²) in [6.07, 6.45) is -0.375. The summed E-state index contributed by atoms with van der Waals surface area (Å²) in [4.78, 5) is 12.2. The Morgan fingerprint density at radius 2 is 1.77 bits per heavy atom. The van der Waals surface area contributed by atoms with Crippen molar-refractivity contribution < 1.29 is 17.9 Å². The van der Waals surface area contributed by atoms with E-state index in [-0.39, 0.29) is 21.7 Å². The van der Waals surface area contributed by atoms with Gasteiger partial charge in [-0.15, -0.1) is 0 Å². The van der Waals surface area contributed by atoms with Gasteiger partial charge in [0, 0.05) is 9.50 Å². The molecule has 0 spiro atoms. The van der Waals surface area contributed by atoms with Crippen molar-refractivity contribution in [2.45, 2.75) is 24.8 Å². The third-order valence-electron chi connectivity index (χ3n) is 3.22. The molecule has 2 aromatic rings. The summed E-state index contributed by atoms with van der Waals surface area (Å²) in [7, 11) is -4.05. The number of halogens is 3. The normalized spacial score (nSPS) is 11.5. The second-order valence-corrected chi connectivity index (χ2v) is 9.22. The highest BCUT2D eigenvalue weighted by atomic mass is 79.9. The van der Waals surface area contributed by atoms with Crippen LogP contribution >= 0.6 is 39.1 Å². The maximum atomic E-state index is 13.1. The molecule has 0 heterocycles. The first-order valence-corrected chi connectivity index (χ1v) is 10.5. The minimum absolute atomic E-state index is 0.0177. The van der Waals surface area contributed by atoms with Crippen LogP contribution in [0.25, 0.3) is 0 Å². The predicted octanol–water partition coefficient (Wildman–Crippen LogP) is 4.90. The molecule has 9 heteroatoms. The fraction of sp³-hybridized carbons (Fsp3) is 0.235. The minimum Gasteiger partial charge on any atom is -0.462 e. The van der Waals surface area contributed by atoms with Gasteiger partial charge in [-0.3, -0.25) is 9.10 Å². The summed E-state index contributed by atoms with van der Waals surface area (Å²) in [5.74, 6) is -0.688. The van der Waals surface area contributed by atoms with Crippen LogP contribution in [-0.2, 0) is 19.6 Å². The number of esters is 1. The summed E-state index contributed by atoms with van der Waals surface area (Å²) in [5, 5.41) is 0.458. The fourth-order valence-electron chi connectivity index (χ4n) is 2.13. The molecular formula is C17H16BrCl2NO4S. The number of benzene rings is 2. The van der Waals surface area contributed by atoms with Gasteiger partial charge in [-0.05, 0) is 56.3 Å². The lowest BCUT2D eigenvalue weighted by atomic mass is 10.3. The van der Waals surface area contributed by atoms with Crippen LogP contribution in [0.2, 0.25) is 10.0 Å². The monoisotopic (exact) mass is 479 g/mol. The van der Waals surface area contributed by atoms with Gasteiger partial charge in [0.25, 0.3) is 10.0 Å². The zero-order chi connectivity index (χ0) is 19.5. The highest BCUT2D eigenvalue weighted by molar-refractivity contribution is 9.10. The SMILES string of the molecule is CC(C)OC(=O)CN(c1ccc(Cl)cc1Cl)S(=O)(=O)c1ccc(Br)cc1. The average Bonchev–Trinajstić information content (AvgIpc) is 2.53. The first-order chi connectivity index (χ1) is 12.1. The Balaban J connectivity index is 2.52. The Labute approximate surface area is 171 Å².